The predicted molar refractivity (Wildman–Crippen MR) is 104 cm³/mol. The second-order valence-corrected chi connectivity index (χ2v) is 6.37. The lowest BCUT2D eigenvalue weighted by atomic mass is 10.1. The Morgan fingerprint density at radius 3 is 2.54 bits per heavy atom. The van der Waals surface area contributed by atoms with E-state index in [4.69, 9.17) is 16.3 Å². The van der Waals surface area contributed by atoms with Crippen LogP contribution in [0.1, 0.15) is 24.2 Å². The number of anilines is 2. The molecule has 0 fully saturated rings. The summed E-state index contributed by atoms with van der Waals surface area (Å²) in [5, 5.41) is 9.00. The van der Waals surface area contributed by atoms with Crippen LogP contribution in [-0.4, -0.2) is 31.5 Å². The third-order valence-electron chi connectivity index (χ3n) is 3.43. The van der Waals surface area contributed by atoms with Crippen LogP contribution in [0.15, 0.2) is 42.5 Å². The number of carbonyl (C=O) groups is 2. The lowest BCUT2D eigenvalue weighted by Crippen LogP contribution is -2.30. The number of benzene rings is 2. The number of ether oxygens (including phenoxy) is 1. The van der Waals surface area contributed by atoms with Crippen LogP contribution < -0.4 is 20.7 Å². The molecule has 2 aromatic carbocycles. The van der Waals surface area contributed by atoms with Gasteiger partial charge in [-0.3, -0.25) is 9.59 Å². The minimum absolute atomic E-state index is 0.0545. The smallest absolute Gasteiger partial charge is 0.251 e. The van der Waals surface area contributed by atoms with E-state index in [0.717, 1.165) is 0 Å². The molecule has 2 amide bonds. The highest BCUT2D eigenvalue weighted by Gasteiger charge is 2.09. The van der Waals surface area contributed by atoms with Gasteiger partial charge in [-0.15, -0.1) is 0 Å². The summed E-state index contributed by atoms with van der Waals surface area (Å²) in [6, 6.07) is 12.1. The molecule has 0 radical (unpaired) electrons. The highest BCUT2D eigenvalue weighted by atomic mass is 35.5. The van der Waals surface area contributed by atoms with Crippen LogP contribution in [0.25, 0.3) is 0 Å². The van der Waals surface area contributed by atoms with Crippen LogP contribution in [-0.2, 0) is 4.79 Å². The van der Waals surface area contributed by atoms with Crippen molar-refractivity contribution < 1.29 is 14.3 Å². The van der Waals surface area contributed by atoms with Gasteiger partial charge in [-0.25, -0.2) is 0 Å². The maximum Gasteiger partial charge on any atom is 0.251 e. The van der Waals surface area contributed by atoms with Crippen LogP contribution in [0, 0.1) is 0 Å². The Kier molecular flexibility index (Phi) is 6.86. The van der Waals surface area contributed by atoms with Gasteiger partial charge in [0, 0.05) is 23.0 Å². The molecule has 0 heterocycles. The molecule has 0 aliphatic heterocycles. The van der Waals surface area contributed by atoms with E-state index < -0.39 is 0 Å². The van der Waals surface area contributed by atoms with Crippen molar-refractivity contribution in [1.82, 2.24) is 5.32 Å². The van der Waals surface area contributed by atoms with Crippen molar-refractivity contribution in [3.05, 3.63) is 53.1 Å². The molecular formula is C19H22ClN3O3. The third-order valence-corrected chi connectivity index (χ3v) is 3.73. The molecule has 2 aromatic rings. The number of hydrogen-bond donors (Lipinski definition) is 3. The highest BCUT2D eigenvalue weighted by molar-refractivity contribution is 6.32. The summed E-state index contributed by atoms with van der Waals surface area (Å²) < 4.78 is 5.08. The van der Waals surface area contributed by atoms with Gasteiger partial charge in [0.05, 0.1) is 18.7 Å². The van der Waals surface area contributed by atoms with E-state index in [1.54, 1.807) is 42.5 Å². The standard InChI is InChI=1S/C19H22ClN3O3/c1-12(2)22-19(25)13-5-4-6-14(9-13)21-11-18(24)23-15-7-8-17(26-3)16(20)10-15/h4-10,12,21H,11H2,1-3H3,(H,22,25)(H,23,24). The molecular weight excluding hydrogens is 354 g/mol. The van der Waals surface area contributed by atoms with Crippen LogP contribution in [0.2, 0.25) is 5.02 Å². The van der Waals surface area contributed by atoms with E-state index in [0.29, 0.717) is 27.7 Å². The van der Waals surface area contributed by atoms with E-state index in [1.807, 2.05) is 13.8 Å². The fourth-order valence-corrected chi connectivity index (χ4v) is 2.51. The summed E-state index contributed by atoms with van der Waals surface area (Å²) in [6.45, 7) is 3.85. The summed E-state index contributed by atoms with van der Waals surface area (Å²) >= 11 is 6.04. The number of amides is 2. The molecule has 0 aromatic heterocycles. The molecule has 7 heteroatoms. The molecule has 3 N–H and O–H groups in total. The molecule has 0 saturated carbocycles. The normalized spacial score (nSPS) is 10.3. The van der Waals surface area contributed by atoms with Crippen molar-refractivity contribution in [2.75, 3.05) is 24.3 Å². The second-order valence-electron chi connectivity index (χ2n) is 5.96. The minimum atomic E-state index is -0.233. The van der Waals surface area contributed by atoms with Crippen LogP contribution >= 0.6 is 11.6 Å². The maximum absolute atomic E-state index is 12.1. The number of rotatable bonds is 7. The second kappa shape index (κ2) is 9.10. The van der Waals surface area contributed by atoms with E-state index >= 15 is 0 Å². The van der Waals surface area contributed by atoms with Crippen LogP contribution in [0.4, 0.5) is 11.4 Å². The van der Waals surface area contributed by atoms with Crippen molar-refractivity contribution in [2.24, 2.45) is 0 Å². The third kappa shape index (κ3) is 5.67. The first-order valence-electron chi connectivity index (χ1n) is 8.17. The molecule has 0 aliphatic rings. The summed E-state index contributed by atoms with van der Waals surface area (Å²) in [7, 11) is 1.53. The zero-order valence-corrected chi connectivity index (χ0v) is 15.7. The molecule has 0 atom stereocenters. The molecule has 0 spiro atoms. The average molecular weight is 376 g/mol. The van der Waals surface area contributed by atoms with Crippen LogP contribution in [0.5, 0.6) is 5.75 Å². The number of hydrogen-bond acceptors (Lipinski definition) is 4. The minimum Gasteiger partial charge on any atom is -0.495 e. The number of carbonyl (C=O) groups excluding carboxylic acids is 2. The van der Waals surface area contributed by atoms with Crippen molar-refractivity contribution in [3.63, 3.8) is 0 Å². The fraction of sp³-hybridized carbons (Fsp3) is 0.263. The van der Waals surface area contributed by atoms with E-state index in [9.17, 15) is 9.59 Å². The van der Waals surface area contributed by atoms with E-state index in [1.165, 1.54) is 7.11 Å². The van der Waals surface area contributed by atoms with Gasteiger partial charge in [0.15, 0.2) is 0 Å². The first-order chi connectivity index (χ1) is 12.4. The summed E-state index contributed by atoms with van der Waals surface area (Å²) in [5.41, 5.74) is 1.79. The number of nitrogens with one attached hydrogen (secondary N) is 3. The Morgan fingerprint density at radius 2 is 1.88 bits per heavy atom. The topological polar surface area (TPSA) is 79.5 Å². The Hall–Kier alpha value is -2.73. The van der Waals surface area contributed by atoms with Gasteiger partial charge >= 0.3 is 0 Å². The number of methoxy groups -OCH3 is 1. The molecule has 6 nitrogen and oxygen atoms in total. The van der Waals surface area contributed by atoms with Gasteiger partial charge in [-0.05, 0) is 50.2 Å². The molecule has 0 unspecified atom stereocenters. The highest BCUT2D eigenvalue weighted by Crippen LogP contribution is 2.27. The largest absolute Gasteiger partial charge is 0.495 e. The molecule has 2 rings (SSSR count). The van der Waals surface area contributed by atoms with Gasteiger partial charge in [0.25, 0.3) is 5.91 Å². The van der Waals surface area contributed by atoms with Gasteiger partial charge < -0.3 is 20.7 Å². The van der Waals surface area contributed by atoms with Crippen molar-refractivity contribution in [1.29, 1.82) is 0 Å². The van der Waals surface area contributed by atoms with Gasteiger partial charge in [-0.1, -0.05) is 17.7 Å². The molecule has 138 valence electrons. The zero-order chi connectivity index (χ0) is 19.1. The average Bonchev–Trinajstić information content (AvgIpc) is 2.60. The Balaban J connectivity index is 1.93. The SMILES string of the molecule is COc1ccc(NC(=O)CNc2cccc(C(=O)NC(C)C)c2)cc1Cl. The molecule has 0 bridgehead atoms. The first kappa shape index (κ1) is 19.6. The molecule has 0 saturated heterocycles. The predicted octanol–water partition coefficient (Wildman–Crippen LogP) is 3.54. The lowest BCUT2D eigenvalue weighted by Gasteiger charge is -2.11. The van der Waals surface area contributed by atoms with Crippen LogP contribution in [0.3, 0.4) is 0 Å². The quantitative estimate of drug-likeness (QED) is 0.691. The number of halogens is 1. The summed E-state index contributed by atoms with van der Waals surface area (Å²) in [5.74, 6) is 0.156. The van der Waals surface area contributed by atoms with Gasteiger partial charge in [0.2, 0.25) is 5.91 Å². The Morgan fingerprint density at radius 1 is 1.12 bits per heavy atom. The summed E-state index contributed by atoms with van der Waals surface area (Å²) in [6.07, 6.45) is 0. The monoisotopic (exact) mass is 375 g/mol. The van der Waals surface area contributed by atoms with Crippen molar-refractivity contribution in [3.8, 4) is 5.75 Å². The molecule has 0 aliphatic carbocycles. The van der Waals surface area contributed by atoms with Crippen molar-refractivity contribution >= 4 is 34.8 Å². The maximum atomic E-state index is 12.1. The van der Waals surface area contributed by atoms with E-state index in [-0.39, 0.29) is 24.4 Å². The Bertz CT molecular complexity index is 793. The van der Waals surface area contributed by atoms with Gasteiger partial charge in [-0.2, -0.15) is 0 Å². The fourth-order valence-electron chi connectivity index (χ4n) is 2.25. The molecule has 26 heavy (non-hydrogen) atoms. The van der Waals surface area contributed by atoms with Crippen molar-refractivity contribution in [2.45, 2.75) is 19.9 Å². The summed E-state index contributed by atoms with van der Waals surface area (Å²) in [4.78, 5) is 24.1. The van der Waals surface area contributed by atoms with E-state index in [2.05, 4.69) is 16.0 Å². The first-order valence-corrected chi connectivity index (χ1v) is 8.55. The van der Waals surface area contributed by atoms with Gasteiger partial charge in [0.1, 0.15) is 5.75 Å². The zero-order valence-electron chi connectivity index (χ0n) is 14.9. The Labute approximate surface area is 157 Å². The lowest BCUT2D eigenvalue weighted by molar-refractivity contribution is -0.114.